The number of rotatable bonds is 4. The maximum Gasteiger partial charge on any atom is 0.168 e. The summed E-state index contributed by atoms with van der Waals surface area (Å²) in [5.74, 6) is -0.371. The Morgan fingerprint density at radius 2 is 2.20 bits per heavy atom. The van der Waals surface area contributed by atoms with Gasteiger partial charge in [0.15, 0.2) is 11.6 Å². The lowest BCUT2D eigenvalue weighted by Gasteiger charge is -2.14. The zero-order chi connectivity index (χ0) is 11.4. The number of halogens is 1. The van der Waals surface area contributed by atoms with Crippen molar-refractivity contribution in [3.63, 3.8) is 0 Å². The molecule has 0 aliphatic heterocycles. The summed E-state index contributed by atoms with van der Waals surface area (Å²) in [6.07, 6.45) is 0.738. The molecule has 0 bridgehead atoms. The third-order valence-electron chi connectivity index (χ3n) is 2.43. The summed E-state index contributed by atoms with van der Waals surface area (Å²) in [4.78, 5) is 0. The number of hydrogen-bond donors (Lipinski definition) is 2. The Hall–Kier alpha value is -1.29. The summed E-state index contributed by atoms with van der Waals surface area (Å²) in [5.41, 5.74) is 6.10. The fraction of sp³-hybridized carbons (Fsp3) is 0.455. The van der Waals surface area contributed by atoms with Crippen LogP contribution in [0.15, 0.2) is 12.1 Å². The predicted octanol–water partition coefficient (Wildman–Crippen LogP) is 1.99. The van der Waals surface area contributed by atoms with Crippen LogP contribution in [0.25, 0.3) is 0 Å². The number of hydrogen-bond acceptors (Lipinski definition) is 3. The number of benzene rings is 1. The highest BCUT2D eigenvalue weighted by Crippen LogP contribution is 2.33. The van der Waals surface area contributed by atoms with E-state index < -0.39 is 5.82 Å². The first kappa shape index (κ1) is 11.8. The Morgan fingerprint density at radius 3 is 2.73 bits per heavy atom. The van der Waals surface area contributed by atoms with Crippen molar-refractivity contribution in [1.29, 1.82) is 0 Å². The summed E-state index contributed by atoms with van der Waals surface area (Å²) in [7, 11) is 1.40. The van der Waals surface area contributed by atoms with Crippen molar-refractivity contribution in [1.82, 2.24) is 0 Å². The molecule has 0 heterocycles. The van der Waals surface area contributed by atoms with E-state index in [4.69, 9.17) is 10.5 Å². The van der Waals surface area contributed by atoms with Gasteiger partial charge in [-0.3, -0.25) is 0 Å². The van der Waals surface area contributed by atoms with Crippen LogP contribution in [0.2, 0.25) is 0 Å². The van der Waals surface area contributed by atoms with Gasteiger partial charge in [-0.1, -0.05) is 6.92 Å². The Kier molecular flexibility index (Phi) is 3.91. The first-order chi connectivity index (χ1) is 7.10. The van der Waals surface area contributed by atoms with Crippen molar-refractivity contribution in [2.45, 2.75) is 19.3 Å². The van der Waals surface area contributed by atoms with E-state index in [-0.39, 0.29) is 17.4 Å². The Balaban J connectivity index is 3.06. The molecular weight excluding hydrogens is 197 g/mol. The molecule has 1 aromatic rings. The molecule has 0 saturated carbocycles. The minimum absolute atomic E-state index is 0.0470. The molecule has 1 unspecified atom stereocenters. The quantitative estimate of drug-likeness (QED) is 0.804. The molecule has 0 radical (unpaired) electrons. The molecule has 15 heavy (non-hydrogen) atoms. The summed E-state index contributed by atoms with van der Waals surface area (Å²) in [6, 6.07) is 2.59. The standard InChI is InChI=1S/C11H16FNO2/c1-7(3-4-13)8-5-11(15-2)9(12)6-10(8)14/h5-7,14H,3-4,13H2,1-2H3. The van der Waals surface area contributed by atoms with Crippen molar-refractivity contribution in [3.8, 4) is 11.5 Å². The molecule has 0 aliphatic rings. The highest BCUT2D eigenvalue weighted by atomic mass is 19.1. The number of aromatic hydroxyl groups is 1. The SMILES string of the molecule is COc1cc(C(C)CCN)c(O)cc1F. The summed E-state index contributed by atoms with van der Waals surface area (Å²) in [6.45, 7) is 2.46. The molecule has 0 amide bonds. The third kappa shape index (κ3) is 2.59. The molecule has 0 spiro atoms. The predicted molar refractivity (Wildman–Crippen MR) is 56.7 cm³/mol. The smallest absolute Gasteiger partial charge is 0.168 e. The largest absolute Gasteiger partial charge is 0.508 e. The molecule has 0 aliphatic carbocycles. The van der Waals surface area contributed by atoms with Crippen molar-refractivity contribution in [2.24, 2.45) is 5.73 Å². The molecule has 1 atom stereocenters. The zero-order valence-corrected chi connectivity index (χ0v) is 8.96. The van der Waals surface area contributed by atoms with E-state index in [2.05, 4.69) is 0 Å². The Labute approximate surface area is 88.7 Å². The zero-order valence-electron chi connectivity index (χ0n) is 8.96. The second-order valence-electron chi connectivity index (χ2n) is 3.52. The van der Waals surface area contributed by atoms with Crippen LogP contribution in [0.3, 0.4) is 0 Å². The minimum atomic E-state index is -0.557. The average Bonchev–Trinajstić information content (AvgIpc) is 2.18. The van der Waals surface area contributed by atoms with E-state index in [1.165, 1.54) is 13.2 Å². The van der Waals surface area contributed by atoms with E-state index in [1.807, 2.05) is 6.92 Å². The average molecular weight is 213 g/mol. The number of nitrogens with two attached hydrogens (primary N) is 1. The molecular formula is C11H16FNO2. The normalized spacial score (nSPS) is 12.5. The highest BCUT2D eigenvalue weighted by molar-refractivity contribution is 5.42. The van der Waals surface area contributed by atoms with Gasteiger partial charge < -0.3 is 15.6 Å². The van der Waals surface area contributed by atoms with E-state index in [9.17, 15) is 9.50 Å². The van der Waals surface area contributed by atoms with Crippen LogP contribution in [0.4, 0.5) is 4.39 Å². The first-order valence-corrected chi connectivity index (χ1v) is 4.86. The van der Waals surface area contributed by atoms with E-state index in [1.54, 1.807) is 0 Å². The molecule has 0 aromatic heterocycles. The lowest BCUT2D eigenvalue weighted by molar-refractivity contribution is 0.379. The van der Waals surface area contributed by atoms with Crippen molar-refractivity contribution in [3.05, 3.63) is 23.5 Å². The topological polar surface area (TPSA) is 55.5 Å². The van der Waals surface area contributed by atoms with E-state index in [0.717, 1.165) is 12.5 Å². The maximum absolute atomic E-state index is 13.2. The molecule has 1 rings (SSSR count). The fourth-order valence-corrected chi connectivity index (χ4v) is 1.52. The molecule has 4 heteroatoms. The van der Waals surface area contributed by atoms with Crippen LogP contribution in [-0.2, 0) is 0 Å². The highest BCUT2D eigenvalue weighted by Gasteiger charge is 2.14. The van der Waals surface area contributed by atoms with E-state index >= 15 is 0 Å². The van der Waals surface area contributed by atoms with Gasteiger partial charge in [-0.15, -0.1) is 0 Å². The van der Waals surface area contributed by atoms with Gasteiger partial charge in [-0.2, -0.15) is 0 Å². The maximum atomic E-state index is 13.2. The number of phenolic OH excluding ortho intramolecular Hbond substituents is 1. The Morgan fingerprint density at radius 1 is 1.53 bits per heavy atom. The molecule has 3 N–H and O–H groups in total. The van der Waals surface area contributed by atoms with Crippen LogP contribution in [0, 0.1) is 5.82 Å². The molecule has 1 aromatic carbocycles. The van der Waals surface area contributed by atoms with Gasteiger partial charge in [0.05, 0.1) is 7.11 Å². The first-order valence-electron chi connectivity index (χ1n) is 4.86. The second kappa shape index (κ2) is 4.98. The summed E-state index contributed by atoms with van der Waals surface area (Å²) in [5, 5.41) is 9.57. The number of phenols is 1. The van der Waals surface area contributed by atoms with E-state index in [0.29, 0.717) is 12.1 Å². The van der Waals surface area contributed by atoms with Crippen molar-refractivity contribution < 1.29 is 14.2 Å². The van der Waals surface area contributed by atoms with Crippen LogP contribution in [-0.4, -0.2) is 18.8 Å². The number of ether oxygens (including phenoxy) is 1. The lowest BCUT2D eigenvalue weighted by Crippen LogP contribution is -2.05. The van der Waals surface area contributed by atoms with Gasteiger partial charge in [-0.25, -0.2) is 4.39 Å². The molecule has 0 saturated heterocycles. The number of methoxy groups -OCH3 is 1. The van der Waals surface area contributed by atoms with Crippen LogP contribution in [0.1, 0.15) is 24.8 Å². The second-order valence-corrected chi connectivity index (χ2v) is 3.52. The van der Waals surface area contributed by atoms with Gasteiger partial charge in [0.25, 0.3) is 0 Å². The molecule has 0 fully saturated rings. The van der Waals surface area contributed by atoms with Gasteiger partial charge in [0.1, 0.15) is 5.75 Å². The van der Waals surface area contributed by atoms with Crippen molar-refractivity contribution >= 4 is 0 Å². The van der Waals surface area contributed by atoms with Gasteiger partial charge in [-0.05, 0) is 24.9 Å². The monoisotopic (exact) mass is 213 g/mol. The molecule has 3 nitrogen and oxygen atoms in total. The molecule has 84 valence electrons. The lowest BCUT2D eigenvalue weighted by atomic mass is 9.96. The van der Waals surface area contributed by atoms with Crippen LogP contribution in [0.5, 0.6) is 11.5 Å². The fourth-order valence-electron chi connectivity index (χ4n) is 1.52. The van der Waals surface area contributed by atoms with Gasteiger partial charge in [0.2, 0.25) is 0 Å². The summed E-state index contributed by atoms with van der Waals surface area (Å²) >= 11 is 0. The van der Waals surface area contributed by atoms with Crippen LogP contribution < -0.4 is 10.5 Å². The Bertz CT molecular complexity index is 342. The minimum Gasteiger partial charge on any atom is -0.508 e. The van der Waals surface area contributed by atoms with Gasteiger partial charge in [0, 0.05) is 11.6 Å². The summed E-state index contributed by atoms with van der Waals surface area (Å²) < 4.78 is 18.0. The van der Waals surface area contributed by atoms with Gasteiger partial charge >= 0.3 is 0 Å². The van der Waals surface area contributed by atoms with Crippen LogP contribution >= 0.6 is 0 Å². The van der Waals surface area contributed by atoms with Crippen molar-refractivity contribution in [2.75, 3.05) is 13.7 Å². The third-order valence-corrected chi connectivity index (χ3v) is 2.43.